The molecule has 1 aliphatic rings. The fraction of sp³-hybridized carbons (Fsp3) is 0.371. The average molecular weight is 698 g/mol. The number of fused-ring (bicyclic) bond motifs is 4. The lowest BCUT2D eigenvalue weighted by molar-refractivity contribution is -0.138. The SMILES string of the molecule is Cc1cccc(C)c1-c1nc2cc(c1C(F)(F)F)OC[C@@H](CC(C)C)N(Cc1ncc(OC(C)C)cn1)C(=O)c1cccc(c1)S(=O)(=O)N2. The molecule has 4 aromatic rings. The second-order valence-electron chi connectivity index (χ2n) is 12.7. The summed E-state index contributed by atoms with van der Waals surface area (Å²) < 4.78 is 86.4. The fourth-order valence-corrected chi connectivity index (χ4v) is 6.82. The highest BCUT2D eigenvalue weighted by molar-refractivity contribution is 7.92. The van der Waals surface area contributed by atoms with Gasteiger partial charge in [-0.3, -0.25) is 9.52 Å². The van der Waals surface area contributed by atoms with Crippen molar-refractivity contribution in [2.24, 2.45) is 5.92 Å². The molecule has 3 heterocycles. The number of pyridine rings is 1. The molecule has 2 aromatic carbocycles. The summed E-state index contributed by atoms with van der Waals surface area (Å²) in [6, 6.07) is 10.6. The Morgan fingerprint density at radius 1 is 1.02 bits per heavy atom. The summed E-state index contributed by atoms with van der Waals surface area (Å²) in [5, 5.41) is 0. The third kappa shape index (κ3) is 8.12. The Bertz CT molecular complexity index is 1930. The van der Waals surface area contributed by atoms with E-state index in [1.165, 1.54) is 41.6 Å². The van der Waals surface area contributed by atoms with Gasteiger partial charge in [0, 0.05) is 17.2 Å². The monoisotopic (exact) mass is 697 g/mol. The number of hydrogen-bond acceptors (Lipinski definition) is 8. The largest absolute Gasteiger partial charge is 0.491 e. The lowest BCUT2D eigenvalue weighted by Gasteiger charge is -2.33. The van der Waals surface area contributed by atoms with Gasteiger partial charge in [0.15, 0.2) is 5.75 Å². The zero-order valence-corrected chi connectivity index (χ0v) is 28.8. The number of rotatable bonds is 7. The minimum Gasteiger partial charge on any atom is -0.491 e. The minimum absolute atomic E-state index is 0.0176. The maximum atomic E-state index is 15.0. The molecule has 0 radical (unpaired) electrons. The lowest BCUT2D eigenvalue weighted by atomic mass is 9.95. The van der Waals surface area contributed by atoms with Crippen LogP contribution >= 0.6 is 0 Å². The number of aromatic nitrogens is 3. The standard InChI is InChI=1S/C35H38F3N5O5S/c1-20(2)13-25-19-47-28-15-29(41-33(32(28)35(36,37)38)31-22(5)9-7-10-23(31)6)42-49(45,46)27-12-8-11-24(14-27)34(44)43(25)18-30-39-16-26(17-40-30)48-21(3)4/h7-12,14-17,20-21,25H,13,18-19H2,1-6H3,(H,41,42)/t25-/m1/s1. The summed E-state index contributed by atoms with van der Waals surface area (Å²) in [5.41, 5.74) is -0.379. The van der Waals surface area contributed by atoms with Crippen molar-refractivity contribution in [2.75, 3.05) is 11.3 Å². The molecular weight excluding hydrogens is 659 g/mol. The zero-order chi connectivity index (χ0) is 35.7. The third-order valence-electron chi connectivity index (χ3n) is 7.86. The molecular formula is C35H38F3N5O5S. The predicted molar refractivity (Wildman–Crippen MR) is 178 cm³/mol. The lowest BCUT2D eigenvalue weighted by Crippen LogP contribution is -2.44. The number of alkyl halides is 3. The van der Waals surface area contributed by atoms with E-state index in [1.54, 1.807) is 32.0 Å². The molecule has 0 saturated carbocycles. The molecule has 1 N–H and O–H groups in total. The van der Waals surface area contributed by atoms with Gasteiger partial charge in [-0.15, -0.1) is 0 Å². The Balaban J connectivity index is 1.72. The second kappa shape index (κ2) is 14.0. The number of nitrogens with one attached hydrogen (secondary N) is 1. The van der Waals surface area contributed by atoms with Crippen LogP contribution in [-0.4, -0.2) is 52.9 Å². The van der Waals surface area contributed by atoms with Gasteiger partial charge in [0.05, 0.1) is 41.7 Å². The van der Waals surface area contributed by atoms with E-state index in [1.807, 2.05) is 27.7 Å². The summed E-state index contributed by atoms with van der Waals surface area (Å²) in [6.07, 6.45) is -1.78. The van der Waals surface area contributed by atoms with E-state index in [0.717, 1.165) is 6.07 Å². The Morgan fingerprint density at radius 3 is 2.29 bits per heavy atom. The van der Waals surface area contributed by atoms with E-state index in [4.69, 9.17) is 9.47 Å². The van der Waals surface area contributed by atoms with Crippen LogP contribution in [0.5, 0.6) is 11.5 Å². The van der Waals surface area contributed by atoms with E-state index in [2.05, 4.69) is 19.7 Å². The van der Waals surface area contributed by atoms with E-state index in [-0.39, 0.29) is 52.8 Å². The first-order chi connectivity index (χ1) is 23.0. The molecule has 0 fully saturated rings. The number of amides is 1. The van der Waals surface area contributed by atoms with Gasteiger partial charge in [-0.25, -0.2) is 23.4 Å². The second-order valence-corrected chi connectivity index (χ2v) is 14.3. The van der Waals surface area contributed by atoms with Gasteiger partial charge in [0.1, 0.15) is 29.6 Å². The van der Waals surface area contributed by atoms with Crippen LogP contribution in [0.1, 0.15) is 67.0 Å². The van der Waals surface area contributed by atoms with Crippen molar-refractivity contribution in [3.05, 3.63) is 89.0 Å². The summed E-state index contributed by atoms with van der Waals surface area (Å²) in [5.74, 6) is -0.921. The van der Waals surface area contributed by atoms with Crippen LogP contribution in [-0.2, 0) is 22.7 Å². The molecule has 1 atom stereocenters. The number of hydrogen-bond donors (Lipinski definition) is 1. The smallest absolute Gasteiger partial charge is 0.422 e. The molecule has 49 heavy (non-hydrogen) atoms. The fourth-order valence-electron chi connectivity index (χ4n) is 5.78. The molecule has 1 aliphatic heterocycles. The molecule has 14 heteroatoms. The molecule has 4 bridgehead atoms. The van der Waals surface area contributed by atoms with Crippen molar-refractivity contribution in [2.45, 2.75) is 77.7 Å². The number of aryl methyl sites for hydroxylation is 2. The predicted octanol–water partition coefficient (Wildman–Crippen LogP) is 7.21. The molecule has 0 spiro atoms. The summed E-state index contributed by atoms with van der Waals surface area (Å²) >= 11 is 0. The van der Waals surface area contributed by atoms with Gasteiger partial charge >= 0.3 is 6.18 Å². The number of benzene rings is 2. The Morgan fingerprint density at radius 2 is 1.67 bits per heavy atom. The van der Waals surface area contributed by atoms with E-state index in [9.17, 15) is 13.2 Å². The topological polar surface area (TPSA) is 124 Å². The van der Waals surface area contributed by atoms with Gasteiger partial charge in [-0.05, 0) is 69.4 Å². The third-order valence-corrected chi connectivity index (χ3v) is 9.21. The van der Waals surface area contributed by atoms with Gasteiger partial charge in [-0.1, -0.05) is 38.1 Å². The van der Waals surface area contributed by atoms with Gasteiger partial charge in [-0.2, -0.15) is 13.2 Å². The molecule has 1 amide bonds. The van der Waals surface area contributed by atoms with Crippen LogP contribution in [0.15, 0.2) is 65.8 Å². The number of anilines is 1. The summed E-state index contributed by atoms with van der Waals surface area (Å²) in [7, 11) is -4.43. The van der Waals surface area contributed by atoms with Crippen LogP contribution in [0, 0.1) is 19.8 Å². The Kier molecular flexibility index (Phi) is 10.2. The highest BCUT2D eigenvalue weighted by atomic mass is 32.2. The molecule has 0 unspecified atom stereocenters. The first-order valence-electron chi connectivity index (χ1n) is 15.8. The van der Waals surface area contributed by atoms with Crippen molar-refractivity contribution >= 4 is 21.7 Å². The highest BCUT2D eigenvalue weighted by Gasteiger charge is 2.41. The van der Waals surface area contributed by atoms with Crippen LogP contribution in [0.25, 0.3) is 11.3 Å². The van der Waals surface area contributed by atoms with Crippen LogP contribution in [0.4, 0.5) is 19.0 Å². The molecule has 5 rings (SSSR count). The highest BCUT2D eigenvalue weighted by Crippen LogP contribution is 2.45. The summed E-state index contributed by atoms with van der Waals surface area (Å²) in [6.45, 7) is 10.4. The molecule has 2 aromatic heterocycles. The maximum Gasteiger partial charge on any atom is 0.422 e. The summed E-state index contributed by atoms with van der Waals surface area (Å²) in [4.78, 5) is 28.3. The van der Waals surface area contributed by atoms with Gasteiger partial charge in [0.2, 0.25) is 0 Å². The molecule has 0 saturated heterocycles. The first-order valence-corrected chi connectivity index (χ1v) is 17.2. The Labute approximate surface area is 283 Å². The number of halogens is 3. The van der Waals surface area contributed by atoms with E-state index in [0.29, 0.717) is 23.3 Å². The number of ether oxygens (including phenoxy) is 2. The quantitative estimate of drug-likeness (QED) is 0.215. The van der Waals surface area contributed by atoms with E-state index >= 15 is 13.2 Å². The number of nitrogens with zero attached hydrogens (tertiary/aromatic N) is 4. The van der Waals surface area contributed by atoms with Crippen molar-refractivity contribution in [3.63, 3.8) is 0 Å². The molecule has 0 aliphatic carbocycles. The van der Waals surface area contributed by atoms with Crippen LogP contribution < -0.4 is 14.2 Å². The maximum absolute atomic E-state index is 15.0. The number of sulfonamides is 1. The van der Waals surface area contributed by atoms with Crippen molar-refractivity contribution in [3.8, 4) is 22.8 Å². The van der Waals surface area contributed by atoms with Crippen molar-refractivity contribution in [1.82, 2.24) is 19.9 Å². The zero-order valence-electron chi connectivity index (χ0n) is 28.0. The van der Waals surface area contributed by atoms with Gasteiger partial charge in [0.25, 0.3) is 15.9 Å². The number of carbonyl (C=O) groups excluding carboxylic acids is 1. The molecule has 10 nitrogen and oxygen atoms in total. The normalized spacial score (nSPS) is 16.3. The van der Waals surface area contributed by atoms with Crippen molar-refractivity contribution < 1.29 is 35.9 Å². The average Bonchev–Trinajstić information content (AvgIpc) is 3.01. The van der Waals surface area contributed by atoms with Crippen LogP contribution in [0.2, 0.25) is 0 Å². The van der Waals surface area contributed by atoms with Crippen LogP contribution in [0.3, 0.4) is 0 Å². The van der Waals surface area contributed by atoms with Crippen molar-refractivity contribution in [1.29, 1.82) is 0 Å². The Hall–Kier alpha value is -4.72. The minimum atomic E-state index is -4.94. The van der Waals surface area contributed by atoms with Gasteiger partial charge < -0.3 is 14.4 Å². The number of carbonyl (C=O) groups is 1. The first kappa shape index (κ1) is 35.6. The molecule has 260 valence electrons. The van der Waals surface area contributed by atoms with E-state index < -0.39 is 45.2 Å².